The van der Waals surface area contributed by atoms with E-state index < -0.39 is 29.3 Å². The van der Waals surface area contributed by atoms with E-state index in [1.54, 1.807) is 0 Å². The zero-order valence-electron chi connectivity index (χ0n) is 8.75. The van der Waals surface area contributed by atoms with Crippen LogP contribution in [0.25, 0.3) is 0 Å². The van der Waals surface area contributed by atoms with Crippen molar-refractivity contribution in [2.75, 3.05) is 6.61 Å². The summed E-state index contributed by atoms with van der Waals surface area (Å²) in [6.07, 6.45) is -11.7. The smallest absolute Gasteiger partial charge is 0.423 e. The Morgan fingerprint density at radius 2 is 1.47 bits per heavy atom. The number of alkyl halides is 7. The lowest BCUT2D eigenvalue weighted by molar-refractivity contribution is -0.263. The molecule has 0 fully saturated rings. The summed E-state index contributed by atoms with van der Waals surface area (Å²) in [6, 6.07) is 0. The van der Waals surface area contributed by atoms with Gasteiger partial charge in [0.1, 0.15) is 0 Å². The van der Waals surface area contributed by atoms with Gasteiger partial charge in [-0.25, -0.2) is 4.79 Å². The van der Waals surface area contributed by atoms with Crippen LogP contribution in [0.5, 0.6) is 0 Å². The van der Waals surface area contributed by atoms with E-state index >= 15 is 0 Å². The lowest BCUT2D eigenvalue weighted by Gasteiger charge is -2.29. The molecule has 102 valence electrons. The fourth-order valence-electron chi connectivity index (χ4n) is 0.734. The monoisotopic (exact) mass is 330 g/mol. The number of carbonyl (C=O) groups excluding carboxylic acids is 1. The van der Waals surface area contributed by atoms with Gasteiger partial charge in [0.2, 0.25) is 0 Å². The van der Waals surface area contributed by atoms with Crippen LogP contribution < -0.4 is 0 Å². The molecule has 0 rings (SSSR count). The predicted octanol–water partition coefficient (Wildman–Crippen LogP) is 3.44. The molecule has 0 unspecified atom stereocenters. The average Bonchev–Trinajstić information content (AvgIpc) is 2.08. The summed E-state index contributed by atoms with van der Waals surface area (Å²) in [5.74, 6) is -2.79. The summed E-state index contributed by atoms with van der Waals surface area (Å²) in [6.45, 7) is 2.42. The van der Waals surface area contributed by atoms with Crippen LogP contribution in [0.4, 0.5) is 26.3 Å². The number of rotatable bonds is 3. The standard InChI is InChI=1S/C8H9BrF6O2/c1-4(2)3-17-5(16)6(9,7(10,11)12)8(13,14)15/h4H,3H2,1-2H3. The number of hydrogen-bond donors (Lipinski definition) is 0. The highest BCUT2D eigenvalue weighted by Gasteiger charge is 2.75. The van der Waals surface area contributed by atoms with Crippen LogP contribution in [0.3, 0.4) is 0 Å². The first-order chi connectivity index (χ1) is 7.34. The van der Waals surface area contributed by atoms with E-state index in [0.717, 1.165) is 0 Å². The van der Waals surface area contributed by atoms with Crippen molar-refractivity contribution in [3.05, 3.63) is 0 Å². The normalized spacial score (nSPS) is 14.0. The molecule has 0 aliphatic rings. The average molecular weight is 331 g/mol. The molecular formula is C8H9BrF6O2. The third-order valence-electron chi connectivity index (χ3n) is 1.61. The van der Waals surface area contributed by atoms with Gasteiger partial charge in [-0.15, -0.1) is 0 Å². The lowest BCUT2D eigenvalue weighted by atomic mass is 10.1. The summed E-state index contributed by atoms with van der Waals surface area (Å²) in [5.41, 5.74) is 0. The van der Waals surface area contributed by atoms with Gasteiger partial charge in [0.15, 0.2) is 0 Å². The molecule has 0 aromatic rings. The minimum Gasteiger partial charge on any atom is -0.464 e. The van der Waals surface area contributed by atoms with E-state index in [0.29, 0.717) is 0 Å². The summed E-state index contributed by atoms with van der Waals surface area (Å²) in [5, 5.41) is 0. The molecule has 0 aliphatic heterocycles. The molecule has 0 aromatic heterocycles. The predicted molar refractivity (Wildman–Crippen MR) is 49.6 cm³/mol. The zero-order chi connectivity index (χ0) is 14.1. The Morgan fingerprint density at radius 3 is 1.71 bits per heavy atom. The molecule has 0 amide bonds. The fraction of sp³-hybridized carbons (Fsp3) is 0.875. The quantitative estimate of drug-likeness (QED) is 0.450. The molecule has 0 radical (unpaired) electrons. The van der Waals surface area contributed by atoms with Gasteiger partial charge in [0.05, 0.1) is 6.61 Å². The SMILES string of the molecule is CC(C)COC(=O)C(Br)(C(F)(F)F)C(F)(F)F. The highest BCUT2D eigenvalue weighted by atomic mass is 79.9. The third-order valence-corrected chi connectivity index (χ3v) is 2.83. The van der Waals surface area contributed by atoms with Crippen molar-refractivity contribution < 1.29 is 35.9 Å². The molecule has 17 heavy (non-hydrogen) atoms. The number of hydrogen-bond acceptors (Lipinski definition) is 2. The first-order valence-corrected chi connectivity index (χ1v) is 5.13. The van der Waals surface area contributed by atoms with Crippen molar-refractivity contribution >= 4 is 21.9 Å². The Labute approximate surface area is 101 Å². The van der Waals surface area contributed by atoms with Gasteiger partial charge in [0, 0.05) is 0 Å². The Balaban J connectivity index is 5.16. The zero-order valence-corrected chi connectivity index (χ0v) is 10.3. The molecule has 2 nitrogen and oxygen atoms in total. The van der Waals surface area contributed by atoms with Crippen LogP contribution in [-0.4, -0.2) is 29.3 Å². The molecular weight excluding hydrogens is 322 g/mol. The molecule has 0 heterocycles. The van der Waals surface area contributed by atoms with Crippen LogP contribution >= 0.6 is 15.9 Å². The van der Waals surface area contributed by atoms with Crippen molar-refractivity contribution in [3.8, 4) is 0 Å². The van der Waals surface area contributed by atoms with Crippen LogP contribution in [0.2, 0.25) is 0 Å². The van der Waals surface area contributed by atoms with E-state index in [2.05, 4.69) is 4.74 Å². The largest absolute Gasteiger partial charge is 0.464 e. The maximum absolute atomic E-state index is 12.3. The topological polar surface area (TPSA) is 26.3 Å². The van der Waals surface area contributed by atoms with Crippen molar-refractivity contribution in [2.45, 2.75) is 30.5 Å². The van der Waals surface area contributed by atoms with Crippen molar-refractivity contribution in [1.82, 2.24) is 0 Å². The summed E-state index contributed by atoms with van der Waals surface area (Å²) < 4.78 is 73.2. The molecule has 0 aliphatic carbocycles. The first-order valence-electron chi connectivity index (χ1n) is 4.33. The Bertz CT molecular complexity index is 269. The van der Waals surface area contributed by atoms with Gasteiger partial charge in [-0.1, -0.05) is 29.8 Å². The molecule has 0 N–H and O–H groups in total. The van der Waals surface area contributed by atoms with E-state index in [4.69, 9.17) is 0 Å². The maximum atomic E-state index is 12.3. The van der Waals surface area contributed by atoms with Gasteiger partial charge in [-0.05, 0) is 5.92 Å². The molecule has 0 aromatic carbocycles. The second-order valence-electron chi connectivity index (χ2n) is 3.65. The number of carbonyl (C=O) groups is 1. The Kier molecular flexibility index (Phi) is 4.89. The van der Waals surface area contributed by atoms with Gasteiger partial charge in [-0.2, -0.15) is 26.3 Å². The molecule has 0 saturated heterocycles. The summed E-state index contributed by atoms with van der Waals surface area (Å²) in [7, 11) is 0. The molecule has 9 heteroatoms. The molecule has 0 bridgehead atoms. The van der Waals surface area contributed by atoms with Crippen molar-refractivity contribution in [2.24, 2.45) is 5.92 Å². The highest BCUT2D eigenvalue weighted by Crippen LogP contribution is 2.50. The van der Waals surface area contributed by atoms with Gasteiger partial charge in [-0.3, -0.25) is 0 Å². The van der Waals surface area contributed by atoms with Crippen LogP contribution in [-0.2, 0) is 9.53 Å². The van der Waals surface area contributed by atoms with Crippen molar-refractivity contribution in [3.63, 3.8) is 0 Å². The molecule has 0 spiro atoms. The van der Waals surface area contributed by atoms with E-state index in [1.807, 2.05) is 0 Å². The van der Waals surface area contributed by atoms with Crippen LogP contribution in [0.15, 0.2) is 0 Å². The summed E-state index contributed by atoms with van der Waals surface area (Å²) in [4.78, 5) is 11.0. The number of esters is 1. The van der Waals surface area contributed by atoms with E-state index in [-0.39, 0.29) is 5.92 Å². The Morgan fingerprint density at radius 1 is 1.12 bits per heavy atom. The second kappa shape index (κ2) is 5.03. The van der Waals surface area contributed by atoms with Crippen molar-refractivity contribution in [1.29, 1.82) is 0 Å². The highest BCUT2D eigenvalue weighted by molar-refractivity contribution is 9.10. The fourth-order valence-corrected chi connectivity index (χ4v) is 0.848. The van der Waals surface area contributed by atoms with E-state index in [9.17, 15) is 31.1 Å². The lowest BCUT2D eigenvalue weighted by Crippen LogP contribution is -2.58. The molecule has 0 atom stereocenters. The maximum Gasteiger partial charge on any atom is 0.423 e. The summed E-state index contributed by atoms with van der Waals surface area (Å²) >= 11 is 1.42. The number of halogens is 7. The Hall–Kier alpha value is -0.470. The minimum absolute atomic E-state index is 0.378. The second-order valence-corrected chi connectivity index (χ2v) is 4.84. The van der Waals surface area contributed by atoms with Crippen LogP contribution in [0, 0.1) is 5.92 Å². The van der Waals surface area contributed by atoms with Gasteiger partial charge in [0.25, 0.3) is 0 Å². The third kappa shape index (κ3) is 3.49. The molecule has 0 saturated carbocycles. The van der Waals surface area contributed by atoms with Crippen LogP contribution in [0.1, 0.15) is 13.8 Å². The van der Waals surface area contributed by atoms with Gasteiger partial charge < -0.3 is 4.74 Å². The first kappa shape index (κ1) is 16.5. The van der Waals surface area contributed by atoms with E-state index in [1.165, 1.54) is 29.8 Å². The minimum atomic E-state index is -5.83. The number of ether oxygens (including phenoxy) is 1. The van der Waals surface area contributed by atoms with Gasteiger partial charge >= 0.3 is 22.6 Å².